The molecule has 3 heteroatoms. The van der Waals surface area contributed by atoms with Gasteiger partial charge in [0.05, 0.1) is 24.6 Å². The molecule has 0 spiro atoms. The topological polar surface area (TPSA) is 15.7 Å². The van der Waals surface area contributed by atoms with Crippen molar-refractivity contribution in [3.63, 3.8) is 0 Å². The second kappa shape index (κ2) is 4.96. The first-order valence-electron chi connectivity index (χ1n) is 6.62. The number of hydrogen-bond acceptors (Lipinski definition) is 3. The Morgan fingerprint density at radius 3 is 1.88 bits per heavy atom. The van der Waals surface area contributed by atoms with Gasteiger partial charge in [-0.15, -0.1) is 0 Å². The molecule has 0 unspecified atom stereocenters. The van der Waals surface area contributed by atoms with Crippen molar-refractivity contribution < 1.29 is 4.74 Å². The average molecular weight is 232 g/mol. The zero-order valence-corrected chi connectivity index (χ0v) is 10.3. The van der Waals surface area contributed by atoms with E-state index < -0.39 is 0 Å². The molecule has 0 atom stereocenters. The van der Waals surface area contributed by atoms with Crippen molar-refractivity contribution in [2.75, 3.05) is 49.2 Å². The van der Waals surface area contributed by atoms with Gasteiger partial charge in [-0.1, -0.05) is 12.1 Å². The van der Waals surface area contributed by atoms with Crippen LogP contribution in [-0.4, -0.2) is 39.4 Å². The van der Waals surface area contributed by atoms with Crippen LogP contribution in [0, 0.1) is 0 Å². The SMILES string of the molecule is c1ccc(N2CCOCC2)c(N2CCCC2)c1. The number of ether oxygens (including phenoxy) is 1. The number of anilines is 2. The maximum Gasteiger partial charge on any atom is 0.0642 e. The third kappa shape index (κ3) is 2.25. The Labute approximate surface area is 103 Å². The van der Waals surface area contributed by atoms with Gasteiger partial charge >= 0.3 is 0 Å². The molecule has 2 aliphatic heterocycles. The fourth-order valence-electron chi connectivity index (χ4n) is 2.76. The van der Waals surface area contributed by atoms with Crippen LogP contribution in [0.2, 0.25) is 0 Å². The summed E-state index contributed by atoms with van der Waals surface area (Å²) in [6, 6.07) is 8.80. The summed E-state index contributed by atoms with van der Waals surface area (Å²) < 4.78 is 5.43. The molecule has 0 amide bonds. The van der Waals surface area contributed by atoms with E-state index in [4.69, 9.17) is 4.74 Å². The van der Waals surface area contributed by atoms with E-state index in [1.807, 2.05) is 0 Å². The molecule has 0 aliphatic carbocycles. The average Bonchev–Trinajstić information content (AvgIpc) is 2.94. The minimum atomic E-state index is 0.855. The fourth-order valence-corrected chi connectivity index (χ4v) is 2.76. The van der Waals surface area contributed by atoms with Gasteiger partial charge in [-0.25, -0.2) is 0 Å². The van der Waals surface area contributed by atoms with Gasteiger partial charge in [0.25, 0.3) is 0 Å². The summed E-state index contributed by atoms with van der Waals surface area (Å²) in [6.07, 6.45) is 2.66. The highest BCUT2D eigenvalue weighted by molar-refractivity contribution is 5.71. The van der Waals surface area contributed by atoms with E-state index in [0.29, 0.717) is 0 Å². The van der Waals surface area contributed by atoms with E-state index in [1.54, 1.807) is 0 Å². The molecule has 2 fully saturated rings. The van der Waals surface area contributed by atoms with Crippen molar-refractivity contribution in [3.05, 3.63) is 24.3 Å². The zero-order chi connectivity index (χ0) is 11.5. The molecule has 2 aliphatic rings. The van der Waals surface area contributed by atoms with Crippen molar-refractivity contribution in [1.82, 2.24) is 0 Å². The minimum Gasteiger partial charge on any atom is -0.378 e. The normalized spacial score (nSPS) is 20.9. The summed E-state index contributed by atoms with van der Waals surface area (Å²) in [5.41, 5.74) is 2.80. The van der Waals surface area contributed by atoms with Crippen LogP contribution >= 0.6 is 0 Å². The molecule has 1 aromatic carbocycles. The molecule has 2 saturated heterocycles. The molecule has 2 heterocycles. The van der Waals surface area contributed by atoms with Crippen molar-refractivity contribution >= 4 is 11.4 Å². The first-order chi connectivity index (χ1) is 8.45. The first kappa shape index (κ1) is 10.9. The number of hydrogen-bond donors (Lipinski definition) is 0. The molecule has 92 valence electrons. The van der Waals surface area contributed by atoms with Gasteiger partial charge in [0.1, 0.15) is 0 Å². The van der Waals surface area contributed by atoms with Crippen molar-refractivity contribution in [2.45, 2.75) is 12.8 Å². The Morgan fingerprint density at radius 2 is 1.29 bits per heavy atom. The van der Waals surface area contributed by atoms with Gasteiger partial charge in [0, 0.05) is 26.2 Å². The Hall–Kier alpha value is -1.22. The number of rotatable bonds is 2. The van der Waals surface area contributed by atoms with Crippen LogP contribution in [0.1, 0.15) is 12.8 Å². The summed E-state index contributed by atoms with van der Waals surface area (Å²) in [5.74, 6) is 0. The molecule has 1 aromatic rings. The van der Waals surface area contributed by atoms with Crippen LogP contribution in [-0.2, 0) is 4.74 Å². The molecule has 0 saturated carbocycles. The largest absolute Gasteiger partial charge is 0.378 e. The third-order valence-corrected chi connectivity index (χ3v) is 3.68. The van der Waals surface area contributed by atoms with Gasteiger partial charge in [-0.05, 0) is 25.0 Å². The monoisotopic (exact) mass is 232 g/mol. The summed E-state index contributed by atoms with van der Waals surface area (Å²) in [6.45, 7) is 6.17. The molecular weight excluding hydrogens is 212 g/mol. The van der Waals surface area contributed by atoms with Gasteiger partial charge in [-0.2, -0.15) is 0 Å². The smallest absolute Gasteiger partial charge is 0.0642 e. The van der Waals surface area contributed by atoms with Crippen LogP contribution in [0.4, 0.5) is 11.4 Å². The highest BCUT2D eigenvalue weighted by Gasteiger charge is 2.19. The van der Waals surface area contributed by atoms with Crippen LogP contribution in [0.3, 0.4) is 0 Å². The quantitative estimate of drug-likeness (QED) is 0.777. The van der Waals surface area contributed by atoms with Crippen molar-refractivity contribution in [1.29, 1.82) is 0 Å². The van der Waals surface area contributed by atoms with E-state index >= 15 is 0 Å². The zero-order valence-electron chi connectivity index (χ0n) is 10.3. The Morgan fingerprint density at radius 1 is 0.765 bits per heavy atom. The number of para-hydroxylation sites is 2. The van der Waals surface area contributed by atoms with E-state index in [2.05, 4.69) is 34.1 Å². The molecule has 0 N–H and O–H groups in total. The third-order valence-electron chi connectivity index (χ3n) is 3.68. The van der Waals surface area contributed by atoms with Crippen LogP contribution in [0.25, 0.3) is 0 Å². The van der Waals surface area contributed by atoms with Crippen LogP contribution in [0.15, 0.2) is 24.3 Å². The summed E-state index contributed by atoms with van der Waals surface area (Å²) in [7, 11) is 0. The fraction of sp³-hybridized carbons (Fsp3) is 0.571. The van der Waals surface area contributed by atoms with E-state index in [-0.39, 0.29) is 0 Å². The number of nitrogens with zero attached hydrogens (tertiary/aromatic N) is 2. The standard InChI is InChI=1S/C14H20N2O/c1-2-6-14(16-9-11-17-12-10-16)13(5-1)15-7-3-4-8-15/h1-2,5-6H,3-4,7-12H2. The van der Waals surface area contributed by atoms with Gasteiger partial charge < -0.3 is 14.5 Å². The maximum absolute atomic E-state index is 5.43. The Bertz CT molecular complexity index is 368. The minimum absolute atomic E-state index is 0.855. The predicted molar refractivity (Wildman–Crippen MR) is 70.9 cm³/mol. The lowest BCUT2D eigenvalue weighted by atomic mass is 10.2. The molecular formula is C14H20N2O. The number of benzene rings is 1. The van der Waals surface area contributed by atoms with Gasteiger partial charge in [0.2, 0.25) is 0 Å². The lowest BCUT2D eigenvalue weighted by molar-refractivity contribution is 0.122. The van der Waals surface area contributed by atoms with E-state index in [9.17, 15) is 0 Å². The molecule has 0 radical (unpaired) electrons. The number of morpholine rings is 1. The van der Waals surface area contributed by atoms with E-state index in [1.165, 1.54) is 37.3 Å². The van der Waals surface area contributed by atoms with Crippen LogP contribution < -0.4 is 9.80 Å². The molecule has 0 aromatic heterocycles. The van der Waals surface area contributed by atoms with Crippen molar-refractivity contribution in [2.24, 2.45) is 0 Å². The second-order valence-corrected chi connectivity index (χ2v) is 4.78. The van der Waals surface area contributed by atoms with Crippen LogP contribution in [0.5, 0.6) is 0 Å². The summed E-state index contributed by atoms with van der Waals surface area (Å²) in [5, 5.41) is 0. The molecule has 17 heavy (non-hydrogen) atoms. The summed E-state index contributed by atoms with van der Waals surface area (Å²) in [4.78, 5) is 4.97. The predicted octanol–water partition coefficient (Wildman–Crippen LogP) is 2.12. The lowest BCUT2D eigenvalue weighted by Gasteiger charge is -2.33. The Balaban J connectivity index is 1.86. The first-order valence-corrected chi connectivity index (χ1v) is 6.62. The highest BCUT2D eigenvalue weighted by Crippen LogP contribution is 2.31. The Kier molecular flexibility index (Phi) is 3.18. The summed E-state index contributed by atoms with van der Waals surface area (Å²) >= 11 is 0. The van der Waals surface area contributed by atoms with Gasteiger partial charge in [0.15, 0.2) is 0 Å². The highest BCUT2D eigenvalue weighted by atomic mass is 16.5. The van der Waals surface area contributed by atoms with E-state index in [0.717, 1.165) is 26.3 Å². The molecule has 0 bridgehead atoms. The second-order valence-electron chi connectivity index (χ2n) is 4.78. The molecule has 3 nitrogen and oxygen atoms in total. The molecule has 3 rings (SSSR count). The maximum atomic E-state index is 5.43. The lowest BCUT2D eigenvalue weighted by Crippen LogP contribution is -2.37. The van der Waals surface area contributed by atoms with Crippen molar-refractivity contribution in [3.8, 4) is 0 Å². The van der Waals surface area contributed by atoms with Gasteiger partial charge in [-0.3, -0.25) is 0 Å².